The lowest BCUT2D eigenvalue weighted by atomic mass is 10.2. The Labute approximate surface area is 143 Å². The predicted octanol–water partition coefficient (Wildman–Crippen LogP) is 4.58. The van der Waals surface area contributed by atoms with Crippen molar-refractivity contribution in [3.8, 4) is 9.88 Å². The molecule has 3 rings (SSSR count). The zero-order valence-electron chi connectivity index (χ0n) is 12.8. The predicted molar refractivity (Wildman–Crippen MR) is 97.2 cm³/mol. The van der Waals surface area contributed by atoms with Crippen LogP contribution >= 0.6 is 34.4 Å². The summed E-state index contributed by atoms with van der Waals surface area (Å²) in [5.41, 5.74) is 0.837. The Morgan fingerprint density at radius 1 is 1.50 bits per heavy atom. The van der Waals surface area contributed by atoms with E-state index in [0.29, 0.717) is 11.3 Å². The molecule has 0 saturated heterocycles. The highest BCUT2D eigenvalue weighted by molar-refractivity contribution is 7.99. The Bertz CT molecular complexity index is 636. The third kappa shape index (κ3) is 3.39. The van der Waals surface area contributed by atoms with Gasteiger partial charge in [0.2, 0.25) is 0 Å². The molecule has 22 heavy (non-hydrogen) atoms. The number of carbonyl (C=O) groups is 1. The molecule has 0 bridgehead atoms. The van der Waals surface area contributed by atoms with Gasteiger partial charge in [0.15, 0.2) is 0 Å². The summed E-state index contributed by atoms with van der Waals surface area (Å²) in [6.07, 6.45) is 3.52. The van der Waals surface area contributed by atoms with Crippen LogP contribution < -0.4 is 5.32 Å². The molecule has 1 fully saturated rings. The number of amides is 1. The fraction of sp³-hybridized carbons (Fsp3) is 0.500. The zero-order chi connectivity index (χ0) is 15.5. The number of carbonyl (C=O) groups excluding carboxylic acids is 1. The molecule has 6 heteroatoms. The van der Waals surface area contributed by atoms with Crippen molar-refractivity contribution < 1.29 is 4.79 Å². The first-order chi connectivity index (χ1) is 10.7. The highest BCUT2D eigenvalue weighted by Gasteiger charge is 2.29. The largest absolute Gasteiger partial charge is 0.347 e. The standard InChI is InChI=1S/C16H20N2OS3/c1-3-20-12-7-4-6-11(12)18-15(19)14-10(2)17-16(22-14)13-8-5-9-21-13/h5,8-9,11-12H,3-4,6-7H2,1-2H3,(H,18,19)/t11-,12+/m0/s1. The van der Waals surface area contributed by atoms with Gasteiger partial charge in [-0.15, -0.1) is 22.7 Å². The lowest BCUT2D eigenvalue weighted by molar-refractivity contribution is 0.0942. The molecule has 3 nitrogen and oxygen atoms in total. The van der Waals surface area contributed by atoms with Gasteiger partial charge in [-0.1, -0.05) is 19.4 Å². The van der Waals surface area contributed by atoms with E-state index in [1.165, 1.54) is 24.2 Å². The van der Waals surface area contributed by atoms with Gasteiger partial charge < -0.3 is 5.32 Å². The summed E-state index contributed by atoms with van der Waals surface area (Å²) in [5.74, 6) is 1.16. The lowest BCUT2D eigenvalue weighted by Crippen LogP contribution is -2.38. The number of aromatic nitrogens is 1. The summed E-state index contributed by atoms with van der Waals surface area (Å²) < 4.78 is 0. The second-order valence-corrected chi connectivity index (χ2v) is 8.88. The minimum Gasteiger partial charge on any atom is -0.347 e. The number of rotatable bonds is 5. The quantitative estimate of drug-likeness (QED) is 0.856. The van der Waals surface area contributed by atoms with Crippen LogP contribution in [-0.2, 0) is 0 Å². The number of aryl methyl sites for hydroxylation is 1. The molecule has 0 unspecified atom stereocenters. The van der Waals surface area contributed by atoms with E-state index < -0.39 is 0 Å². The van der Waals surface area contributed by atoms with Crippen LogP contribution in [0.5, 0.6) is 0 Å². The highest BCUT2D eigenvalue weighted by atomic mass is 32.2. The molecule has 0 aliphatic heterocycles. The monoisotopic (exact) mass is 352 g/mol. The number of nitrogens with one attached hydrogen (secondary N) is 1. The van der Waals surface area contributed by atoms with Crippen molar-refractivity contribution in [2.75, 3.05) is 5.75 Å². The molecule has 1 aliphatic rings. The van der Waals surface area contributed by atoms with Crippen LogP contribution in [0.15, 0.2) is 17.5 Å². The Balaban J connectivity index is 1.72. The number of thiophene rings is 1. The number of hydrogen-bond donors (Lipinski definition) is 1. The Hall–Kier alpha value is -0.850. The Morgan fingerprint density at radius 3 is 3.09 bits per heavy atom. The average Bonchev–Trinajstić information content (AvgIpc) is 3.20. The van der Waals surface area contributed by atoms with Crippen molar-refractivity contribution in [1.82, 2.24) is 10.3 Å². The van der Waals surface area contributed by atoms with Crippen molar-refractivity contribution in [2.45, 2.75) is 44.4 Å². The molecular weight excluding hydrogens is 332 g/mol. The van der Waals surface area contributed by atoms with E-state index in [1.807, 2.05) is 30.1 Å². The summed E-state index contributed by atoms with van der Waals surface area (Å²) in [5, 5.41) is 6.80. The van der Waals surface area contributed by atoms with Crippen molar-refractivity contribution in [2.24, 2.45) is 0 Å². The van der Waals surface area contributed by atoms with Crippen LogP contribution in [0.3, 0.4) is 0 Å². The number of thiazole rings is 1. The van der Waals surface area contributed by atoms with Crippen LogP contribution in [0.25, 0.3) is 9.88 Å². The smallest absolute Gasteiger partial charge is 0.263 e. The van der Waals surface area contributed by atoms with Crippen molar-refractivity contribution in [3.63, 3.8) is 0 Å². The molecule has 2 aromatic rings. The van der Waals surface area contributed by atoms with E-state index in [-0.39, 0.29) is 5.91 Å². The lowest BCUT2D eigenvalue weighted by Gasteiger charge is -2.19. The normalized spacial score (nSPS) is 21.2. The van der Waals surface area contributed by atoms with E-state index in [9.17, 15) is 4.79 Å². The van der Waals surface area contributed by atoms with Gasteiger partial charge >= 0.3 is 0 Å². The van der Waals surface area contributed by atoms with Gasteiger partial charge in [0.1, 0.15) is 9.88 Å². The summed E-state index contributed by atoms with van der Waals surface area (Å²) in [6, 6.07) is 4.38. The maximum atomic E-state index is 12.6. The van der Waals surface area contributed by atoms with Crippen molar-refractivity contribution in [3.05, 3.63) is 28.1 Å². The molecule has 0 radical (unpaired) electrons. The molecule has 1 aliphatic carbocycles. The summed E-state index contributed by atoms with van der Waals surface area (Å²) in [6.45, 7) is 4.11. The van der Waals surface area contributed by atoms with Gasteiger partial charge in [-0.25, -0.2) is 4.98 Å². The molecule has 0 spiro atoms. The maximum absolute atomic E-state index is 12.6. The van der Waals surface area contributed by atoms with E-state index in [2.05, 4.69) is 23.3 Å². The topological polar surface area (TPSA) is 42.0 Å². The number of thioether (sulfide) groups is 1. The van der Waals surface area contributed by atoms with Crippen LogP contribution in [-0.4, -0.2) is 27.9 Å². The third-order valence-corrected chi connectivity index (χ3v) is 7.41. The minimum absolute atomic E-state index is 0.0476. The van der Waals surface area contributed by atoms with E-state index >= 15 is 0 Å². The molecule has 1 N–H and O–H groups in total. The Morgan fingerprint density at radius 2 is 2.36 bits per heavy atom. The SMILES string of the molecule is CCS[C@@H]1CCC[C@@H]1NC(=O)c1sc(-c2cccs2)nc1C. The molecule has 2 atom stereocenters. The average molecular weight is 353 g/mol. The third-order valence-electron chi connectivity index (χ3n) is 3.88. The van der Waals surface area contributed by atoms with E-state index in [0.717, 1.165) is 32.6 Å². The van der Waals surface area contributed by atoms with Crippen molar-refractivity contribution >= 4 is 40.3 Å². The first-order valence-corrected chi connectivity index (χ1v) is 10.4. The minimum atomic E-state index is 0.0476. The van der Waals surface area contributed by atoms with Crippen LogP contribution in [0.2, 0.25) is 0 Å². The van der Waals surface area contributed by atoms with Gasteiger partial charge in [0.05, 0.1) is 10.6 Å². The van der Waals surface area contributed by atoms with Gasteiger partial charge in [-0.3, -0.25) is 4.79 Å². The van der Waals surface area contributed by atoms with Gasteiger partial charge in [-0.2, -0.15) is 11.8 Å². The van der Waals surface area contributed by atoms with Gasteiger partial charge in [0.25, 0.3) is 5.91 Å². The molecule has 1 amide bonds. The van der Waals surface area contributed by atoms with Gasteiger partial charge in [-0.05, 0) is 37.0 Å². The number of hydrogen-bond acceptors (Lipinski definition) is 5. The van der Waals surface area contributed by atoms with Crippen LogP contribution in [0.4, 0.5) is 0 Å². The fourth-order valence-electron chi connectivity index (χ4n) is 2.85. The van der Waals surface area contributed by atoms with E-state index in [1.54, 1.807) is 11.3 Å². The molecule has 1 saturated carbocycles. The second kappa shape index (κ2) is 7.15. The summed E-state index contributed by atoms with van der Waals surface area (Å²) in [4.78, 5) is 19.1. The zero-order valence-corrected chi connectivity index (χ0v) is 15.2. The molecular formula is C16H20N2OS3. The number of nitrogens with zero attached hydrogens (tertiary/aromatic N) is 1. The highest BCUT2D eigenvalue weighted by Crippen LogP contribution is 2.33. The molecule has 2 heterocycles. The first-order valence-electron chi connectivity index (χ1n) is 7.62. The van der Waals surface area contributed by atoms with Crippen LogP contribution in [0, 0.1) is 6.92 Å². The Kier molecular flexibility index (Phi) is 5.21. The van der Waals surface area contributed by atoms with Crippen molar-refractivity contribution in [1.29, 1.82) is 0 Å². The fourth-order valence-corrected chi connectivity index (χ4v) is 5.82. The van der Waals surface area contributed by atoms with E-state index in [4.69, 9.17) is 0 Å². The summed E-state index contributed by atoms with van der Waals surface area (Å²) in [7, 11) is 0. The summed E-state index contributed by atoms with van der Waals surface area (Å²) >= 11 is 5.13. The molecule has 0 aromatic carbocycles. The van der Waals surface area contributed by atoms with Gasteiger partial charge in [0, 0.05) is 11.3 Å². The molecule has 2 aromatic heterocycles. The first kappa shape index (κ1) is 16.0. The van der Waals surface area contributed by atoms with Crippen LogP contribution in [0.1, 0.15) is 41.6 Å². The second-order valence-electron chi connectivity index (χ2n) is 5.42. The molecule has 118 valence electrons. The maximum Gasteiger partial charge on any atom is 0.263 e.